The first-order valence-corrected chi connectivity index (χ1v) is 4.37. The van der Waals surface area contributed by atoms with Gasteiger partial charge in [-0.15, -0.1) is 0 Å². The molecule has 4 N–H and O–H groups in total. The van der Waals surface area contributed by atoms with Crippen molar-refractivity contribution < 1.29 is 19.2 Å². The molecular weight excluding hydrogens is 216 g/mol. The number of carbonyl (C=O) groups is 2. The second kappa shape index (κ2) is 5.12. The monoisotopic (exact) mass is 228 g/mol. The SMILES string of the molecule is COC(=O)[C@@H](N)Cc1cn(OC(N)=O)cn1. The van der Waals surface area contributed by atoms with Gasteiger partial charge >= 0.3 is 12.1 Å². The lowest BCUT2D eigenvalue weighted by atomic mass is 10.2. The van der Waals surface area contributed by atoms with Gasteiger partial charge in [-0.2, -0.15) is 4.73 Å². The summed E-state index contributed by atoms with van der Waals surface area (Å²) in [4.78, 5) is 29.8. The van der Waals surface area contributed by atoms with Crippen molar-refractivity contribution in [3.05, 3.63) is 18.2 Å². The highest BCUT2D eigenvalue weighted by atomic mass is 16.7. The van der Waals surface area contributed by atoms with E-state index in [4.69, 9.17) is 11.5 Å². The van der Waals surface area contributed by atoms with Crippen molar-refractivity contribution in [2.45, 2.75) is 12.5 Å². The molecule has 0 saturated carbocycles. The van der Waals surface area contributed by atoms with Crippen LogP contribution in [0.1, 0.15) is 5.69 Å². The lowest BCUT2D eigenvalue weighted by Gasteiger charge is -2.06. The van der Waals surface area contributed by atoms with Gasteiger partial charge in [0.2, 0.25) is 0 Å². The summed E-state index contributed by atoms with van der Waals surface area (Å²) in [5.74, 6) is -0.537. The fourth-order valence-corrected chi connectivity index (χ4v) is 1.06. The number of amides is 1. The van der Waals surface area contributed by atoms with Crippen molar-refractivity contribution in [2.75, 3.05) is 7.11 Å². The summed E-state index contributed by atoms with van der Waals surface area (Å²) in [6.45, 7) is 0. The highest BCUT2D eigenvalue weighted by Crippen LogP contribution is 1.99. The number of imidazole rings is 1. The molecule has 1 rings (SSSR count). The summed E-state index contributed by atoms with van der Waals surface area (Å²) < 4.78 is 5.48. The number of rotatable bonds is 4. The molecule has 1 atom stereocenters. The van der Waals surface area contributed by atoms with Gasteiger partial charge in [0.25, 0.3) is 0 Å². The van der Waals surface area contributed by atoms with Gasteiger partial charge in [-0.05, 0) is 0 Å². The number of esters is 1. The molecule has 0 aliphatic rings. The zero-order valence-corrected chi connectivity index (χ0v) is 8.62. The molecule has 8 heteroatoms. The van der Waals surface area contributed by atoms with Gasteiger partial charge in [0, 0.05) is 6.42 Å². The molecule has 1 amide bonds. The van der Waals surface area contributed by atoms with Crippen LogP contribution in [0.5, 0.6) is 0 Å². The number of hydrogen-bond donors (Lipinski definition) is 2. The number of primary amides is 1. The zero-order chi connectivity index (χ0) is 12.1. The van der Waals surface area contributed by atoms with Gasteiger partial charge in [-0.25, -0.2) is 9.78 Å². The highest BCUT2D eigenvalue weighted by molar-refractivity contribution is 5.75. The second-order valence-electron chi connectivity index (χ2n) is 2.97. The van der Waals surface area contributed by atoms with E-state index in [0.29, 0.717) is 5.69 Å². The molecule has 0 aromatic carbocycles. The van der Waals surface area contributed by atoms with Crippen LogP contribution in [0.25, 0.3) is 0 Å². The lowest BCUT2D eigenvalue weighted by molar-refractivity contribution is -0.142. The van der Waals surface area contributed by atoms with Crippen molar-refractivity contribution >= 4 is 12.1 Å². The Labute approximate surface area is 91.1 Å². The van der Waals surface area contributed by atoms with Crippen LogP contribution in [-0.2, 0) is 16.0 Å². The number of methoxy groups -OCH3 is 1. The normalized spacial score (nSPS) is 11.9. The van der Waals surface area contributed by atoms with Crippen LogP contribution in [0.15, 0.2) is 12.5 Å². The Morgan fingerprint density at radius 3 is 2.88 bits per heavy atom. The van der Waals surface area contributed by atoms with Gasteiger partial charge in [0.15, 0.2) is 0 Å². The number of ether oxygens (including phenoxy) is 1. The Balaban J connectivity index is 2.58. The molecule has 0 aliphatic heterocycles. The summed E-state index contributed by atoms with van der Waals surface area (Å²) in [6, 6.07) is -0.804. The fraction of sp³-hybridized carbons (Fsp3) is 0.375. The number of carbonyl (C=O) groups excluding carboxylic acids is 2. The molecule has 0 unspecified atom stereocenters. The number of hydrogen-bond acceptors (Lipinski definition) is 6. The van der Waals surface area contributed by atoms with Crippen molar-refractivity contribution in [3.8, 4) is 0 Å². The summed E-state index contributed by atoms with van der Waals surface area (Å²) in [6.07, 6.45) is 1.86. The van der Waals surface area contributed by atoms with Gasteiger partial charge < -0.3 is 21.0 Å². The maximum atomic E-state index is 11.0. The minimum absolute atomic E-state index is 0.182. The van der Waals surface area contributed by atoms with Crippen LogP contribution < -0.4 is 16.3 Å². The van der Waals surface area contributed by atoms with Gasteiger partial charge in [0.05, 0.1) is 19.0 Å². The van der Waals surface area contributed by atoms with E-state index in [-0.39, 0.29) is 6.42 Å². The number of aromatic nitrogens is 2. The first-order chi connectivity index (χ1) is 7.52. The molecule has 88 valence electrons. The topological polar surface area (TPSA) is 122 Å². The molecule has 0 radical (unpaired) electrons. The first-order valence-electron chi connectivity index (χ1n) is 4.37. The van der Waals surface area contributed by atoms with Crippen molar-refractivity contribution in [1.29, 1.82) is 0 Å². The Morgan fingerprint density at radius 2 is 2.31 bits per heavy atom. The third-order valence-electron chi connectivity index (χ3n) is 1.74. The average molecular weight is 228 g/mol. The van der Waals surface area contributed by atoms with Crippen molar-refractivity contribution in [2.24, 2.45) is 11.5 Å². The standard InChI is InChI=1S/C8H12N4O4/c1-15-7(13)6(9)2-5-3-12(4-11-5)16-8(10)14/h3-4,6H,2,9H2,1H3,(H2,10,14)/t6-/m0/s1. The van der Waals surface area contributed by atoms with E-state index in [1.165, 1.54) is 19.6 Å². The Morgan fingerprint density at radius 1 is 1.62 bits per heavy atom. The van der Waals surface area contributed by atoms with Crippen LogP contribution in [0, 0.1) is 0 Å². The second-order valence-corrected chi connectivity index (χ2v) is 2.97. The quantitative estimate of drug-likeness (QED) is 0.600. The number of nitrogens with zero attached hydrogens (tertiary/aromatic N) is 2. The van der Waals surface area contributed by atoms with E-state index in [9.17, 15) is 9.59 Å². The molecule has 1 aromatic heterocycles. The Bertz CT molecular complexity index is 389. The minimum Gasteiger partial charge on any atom is -0.468 e. The Kier molecular flexibility index (Phi) is 3.84. The first kappa shape index (κ1) is 12.0. The molecule has 0 spiro atoms. The molecule has 1 aromatic rings. The van der Waals surface area contributed by atoms with Gasteiger partial charge in [-0.3, -0.25) is 4.79 Å². The molecule has 8 nitrogen and oxygen atoms in total. The maximum absolute atomic E-state index is 11.0. The molecular formula is C8H12N4O4. The van der Waals surface area contributed by atoms with E-state index >= 15 is 0 Å². The molecule has 0 bridgehead atoms. The van der Waals surface area contributed by atoms with Crippen molar-refractivity contribution in [1.82, 2.24) is 9.71 Å². The van der Waals surface area contributed by atoms with E-state index < -0.39 is 18.1 Å². The molecule has 0 fully saturated rings. The summed E-state index contributed by atoms with van der Waals surface area (Å²) in [7, 11) is 1.25. The van der Waals surface area contributed by atoms with E-state index in [1.807, 2.05) is 0 Å². The van der Waals surface area contributed by atoms with Gasteiger partial charge in [0.1, 0.15) is 12.4 Å². The van der Waals surface area contributed by atoms with Crippen LogP contribution in [0.4, 0.5) is 4.79 Å². The fourth-order valence-electron chi connectivity index (χ4n) is 1.06. The summed E-state index contributed by atoms with van der Waals surface area (Å²) in [5.41, 5.74) is 10.8. The average Bonchev–Trinajstić information content (AvgIpc) is 2.63. The highest BCUT2D eigenvalue weighted by Gasteiger charge is 2.15. The third-order valence-corrected chi connectivity index (χ3v) is 1.74. The maximum Gasteiger partial charge on any atom is 0.429 e. The molecule has 0 saturated heterocycles. The Hall–Kier alpha value is -2.09. The van der Waals surface area contributed by atoms with Crippen LogP contribution >= 0.6 is 0 Å². The van der Waals surface area contributed by atoms with E-state index in [1.54, 1.807) is 0 Å². The van der Waals surface area contributed by atoms with Crippen LogP contribution in [0.3, 0.4) is 0 Å². The zero-order valence-electron chi connectivity index (χ0n) is 8.62. The van der Waals surface area contributed by atoms with E-state index in [0.717, 1.165) is 4.73 Å². The van der Waals surface area contributed by atoms with Crippen LogP contribution in [-0.4, -0.2) is 34.9 Å². The summed E-state index contributed by atoms with van der Waals surface area (Å²) in [5, 5.41) is 0. The predicted molar refractivity (Wildman–Crippen MR) is 52.1 cm³/mol. The smallest absolute Gasteiger partial charge is 0.429 e. The molecule has 1 heterocycles. The number of nitrogens with two attached hydrogens (primary N) is 2. The summed E-state index contributed by atoms with van der Waals surface area (Å²) >= 11 is 0. The minimum atomic E-state index is -0.957. The van der Waals surface area contributed by atoms with Gasteiger partial charge in [-0.1, -0.05) is 0 Å². The third kappa shape index (κ3) is 3.24. The van der Waals surface area contributed by atoms with Crippen LogP contribution in [0.2, 0.25) is 0 Å². The molecule has 0 aliphatic carbocycles. The largest absolute Gasteiger partial charge is 0.468 e. The lowest BCUT2D eigenvalue weighted by Crippen LogP contribution is -2.33. The van der Waals surface area contributed by atoms with E-state index in [2.05, 4.69) is 14.6 Å². The predicted octanol–water partition coefficient (Wildman–Crippen LogP) is -1.57. The molecule has 16 heavy (non-hydrogen) atoms. The van der Waals surface area contributed by atoms with Crippen molar-refractivity contribution in [3.63, 3.8) is 0 Å².